The number of fused-ring (bicyclic) bond motifs is 2. The highest BCUT2D eigenvalue weighted by molar-refractivity contribution is 5.06. The Morgan fingerprint density at radius 2 is 1.85 bits per heavy atom. The van der Waals surface area contributed by atoms with Crippen LogP contribution in [0.2, 0.25) is 0 Å². The predicted molar refractivity (Wildman–Crippen MR) is 58.5 cm³/mol. The van der Waals surface area contributed by atoms with Gasteiger partial charge in [0, 0.05) is 0 Å². The van der Waals surface area contributed by atoms with E-state index in [1.165, 1.54) is 25.7 Å². The molecule has 0 radical (unpaired) electrons. The number of rotatable bonds is 2. The maximum Gasteiger partial charge on any atom is -0.00516 e. The largest absolute Gasteiger partial charge is 0.330 e. The molecule has 1 heteroatoms. The Labute approximate surface area is 82.4 Å². The van der Waals surface area contributed by atoms with Gasteiger partial charge < -0.3 is 5.73 Å². The topological polar surface area (TPSA) is 26.0 Å². The first-order chi connectivity index (χ1) is 6.26. The maximum absolute atomic E-state index is 5.28. The first kappa shape index (κ1) is 10.8. The fourth-order valence-corrected chi connectivity index (χ4v) is 1.88. The van der Waals surface area contributed by atoms with E-state index in [4.69, 9.17) is 5.73 Å². The molecule has 3 unspecified atom stereocenters. The molecule has 3 atom stereocenters. The Morgan fingerprint density at radius 1 is 1.31 bits per heavy atom. The lowest BCUT2D eigenvalue weighted by atomic mass is 10.1. The molecule has 13 heavy (non-hydrogen) atoms. The van der Waals surface area contributed by atoms with Crippen molar-refractivity contribution in [3.63, 3.8) is 0 Å². The lowest BCUT2D eigenvalue weighted by Crippen LogP contribution is -2.08. The third-order valence-electron chi connectivity index (χ3n) is 3.27. The summed E-state index contributed by atoms with van der Waals surface area (Å²) in [6.45, 7) is 5.13. The molecule has 0 aromatic rings. The molecule has 0 spiro atoms. The first-order valence-electron chi connectivity index (χ1n) is 5.64. The second-order valence-electron chi connectivity index (χ2n) is 4.47. The van der Waals surface area contributed by atoms with E-state index in [1.807, 2.05) is 0 Å². The van der Waals surface area contributed by atoms with Gasteiger partial charge in [-0.3, -0.25) is 0 Å². The summed E-state index contributed by atoms with van der Waals surface area (Å²) in [6.07, 6.45) is 10.4. The Kier molecular flexibility index (Phi) is 4.51. The van der Waals surface area contributed by atoms with Crippen LogP contribution >= 0.6 is 0 Å². The highest BCUT2D eigenvalue weighted by Crippen LogP contribution is 2.38. The van der Waals surface area contributed by atoms with Crippen LogP contribution < -0.4 is 5.73 Å². The Balaban J connectivity index is 0.000000133. The molecule has 2 rings (SSSR count). The molecule has 0 heterocycles. The van der Waals surface area contributed by atoms with Gasteiger partial charge in [0.1, 0.15) is 0 Å². The molecule has 0 aromatic carbocycles. The minimum atomic E-state index is 0.713. The molecule has 1 saturated carbocycles. The van der Waals surface area contributed by atoms with Crippen molar-refractivity contribution in [2.75, 3.05) is 6.54 Å². The average Bonchev–Trinajstić information content (AvgIpc) is 2.81. The van der Waals surface area contributed by atoms with E-state index >= 15 is 0 Å². The molecule has 0 amide bonds. The second-order valence-corrected chi connectivity index (χ2v) is 4.47. The number of nitrogens with two attached hydrogens (primary N) is 1. The zero-order valence-electron chi connectivity index (χ0n) is 9.00. The minimum absolute atomic E-state index is 0.713. The molecule has 2 aliphatic rings. The van der Waals surface area contributed by atoms with Gasteiger partial charge in [-0.15, -0.1) is 0 Å². The maximum atomic E-state index is 5.28. The summed E-state index contributed by atoms with van der Waals surface area (Å²) in [4.78, 5) is 0. The second kappa shape index (κ2) is 5.43. The van der Waals surface area contributed by atoms with Crippen molar-refractivity contribution in [3.05, 3.63) is 12.2 Å². The minimum Gasteiger partial charge on any atom is -0.330 e. The van der Waals surface area contributed by atoms with Gasteiger partial charge in [-0.05, 0) is 43.6 Å². The van der Waals surface area contributed by atoms with Crippen molar-refractivity contribution in [3.8, 4) is 0 Å². The van der Waals surface area contributed by atoms with Gasteiger partial charge in [-0.2, -0.15) is 0 Å². The SMILES string of the molecule is C1=CC2CCC1C2.CCC(C)CN. The molecule has 0 aromatic heterocycles. The van der Waals surface area contributed by atoms with Gasteiger partial charge in [0.15, 0.2) is 0 Å². The summed E-state index contributed by atoms with van der Waals surface area (Å²) >= 11 is 0. The van der Waals surface area contributed by atoms with Gasteiger partial charge in [0.2, 0.25) is 0 Å². The van der Waals surface area contributed by atoms with Gasteiger partial charge in [0.25, 0.3) is 0 Å². The third kappa shape index (κ3) is 3.51. The van der Waals surface area contributed by atoms with Crippen molar-refractivity contribution in [1.29, 1.82) is 0 Å². The van der Waals surface area contributed by atoms with Crippen LogP contribution in [0, 0.1) is 17.8 Å². The summed E-state index contributed by atoms with van der Waals surface area (Å²) in [5.41, 5.74) is 5.28. The van der Waals surface area contributed by atoms with E-state index in [2.05, 4.69) is 26.0 Å². The number of hydrogen-bond donors (Lipinski definition) is 1. The van der Waals surface area contributed by atoms with Crippen molar-refractivity contribution < 1.29 is 0 Å². The van der Waals surface area contributed by atoms with Crippen LogP contribution in [0.25, 0.3) is 0 Å². The predicted octanol–water partition coefficient (Wildman–Crippen LogP) is 2.96. The van der Waals surface area contributed by atoms with Crippen LogP contribution in [0.15, 0.2) is 12.2 Å². The number of allylic oxidation sites excluding steroid dienone is 2. The standard InChI is InChI=1S/C7H10.C5H13N/c1-2-7-4-3-6(1)5-7;1-3-5(2)4-6/h1-2,6-7H,3-5H2;5H,3-4,6H2,1-2H3. The molecule has 2 aliphatic carbocycles. The Morgan fingerprint density at radius 3 is 1.92 bits per heavy atom. The third-order valence-corrected chi connectivity index (χ3v) is 3.27. The van der Waals surface area contributed by atoms with E-state index in [9.17, 15) is 0 Å². The Bertz CT molecular complexity index is 147. The van der Waals surface area contributed by atoms with Gasteiger partial charge in [0.05, 0.1) is 0 Å². The van der Waals surface area contributed by atoms with Crippen LogP contribution in [0.3, 0.4) is 0 Å². The van der Waals surface area contributed by atoms with Crippen LogP contribution in [-0.2, 0) is 0 Å². The van der Waals surface area contributed by atoms with Gasteiger partial charge in [-0.25, -0.2) is 0 Å². The van der Waals surface area contributed by atoms with Gasteiger partial charge in [-0.1, -0.05) is 32.4 Å². The lowest BCUT2D eigenvalue weighted by molar-refractivity contribution is 0.576. The van der Waals surface area contributed by atoms with Crippen LogP contribution in [0.4, 0.5) is 0 Å². The average molecular weight is 181 g/mol. The zero-order chi connectivity index (χ0) is 9.68. The summed E-state index contributed by atoms with van der Waals surface area (Å²) in [6, 6.07) is 0. The molecule has 2 N–H and O–H groups in total. The smallest absolute Gasteiger partial charge is 0.00516 e. The van der Waals surface area contributed by atoms with Gasteiger partial charge >= 0.3 is 0 Å². The zero-order valence-corrected chi connectivity index (χ0v) is 9.00. The van der Waals surface area contributed by atoms with E-state index < -0.39 is 0 Å². The molecular weight excluding hydrogens is 158 g/mol. The van der Waals surface area contributed by atoms with E-state index in [-0.39, 0.29) is 0 Å². The summed E-state index contributed by atoms with van der Waals surface area (Å²) in [5, 5.41) is 0. The lowest BCUT2D eigenvalue weighted by Gasteiger charge is -1.98. The highest BCUT2D eigenvalue weighted by atomic mass is 14.5. The van der Waals surface area contributed by atoms with Crippen molar-refractivity contribution in [2.24, 2.45) is 23.5 Å². The summed E-state index contributed by atoms with van der Waals surface area (Å²) in [5.74, 6) is 2.69. The molecule has 2 bridgehead atoms. The van der Waals surface area contributed by atoms with Crippen molar-refractivity contribution >= 4 is 0 Å². The molecular formula is C12H23N. The van der Waals surface area contributed by atoms with Crippen LogP contribution in [0.5, 0.6) is 0 Å². The van der Waals surface area contributed by atoms with E-state index in [0.29, 0.717) is 5.92 Å². The number of hydrogen-bond acceptors (Lipinski definition) is 1. The molecule has 1 nitrogen and oxygen atoms in total. The van der Waals surface area contributed by atoms with E-state index in [0.717, 1.165) is 18.4 Å². The van der Waals surface area contributed by atoms with Crippen LogP contribution in [-0.4, -0.2) is 6.54 Å². The fourth-order valence-electron chi connectivity index (χ4n) is 1.88. The molecule has 1 fully saturated rings. The highest BCUT2D eigenvalue weighted by Gasteiger charge is 2.25. The fraction of sp³-hybridized carbons (Fsp3) is 0.833. The molecule has 0 aliphatic heterocycles. The normalized spacial score (nSPS) is 31.3. The molecule has 0 saturated heterocycles. The van der Waals surface area contributed by atoms with Crippen LogP contribution in [0.1, 0.15) is 39.5 Å². The van der Waals surface area contributed by atoms with Crippen molar-refractivity contribution in [1.82, 2.24) is 0 Å². The Hall–Kier alpha value is -0.300. The van der Waals surface area contributed by atoms with E-state index in [1.54, 1.807) is 0 Å². The monoisotopic (exact) mass is 181 g/mol. The first-order valence-corrected chi connectivity index (χ1v) is 5.64. The van der Waals surface area contributed by atoms with Crippen molar-refractivity contribution in [2.45, 2.75) is 39.5 Å². The molecule has 76 valence electrons. The quantitative estimate of drug-likeness (QED) is 0.651. The summed E-state index contributed by atoms with van der Waals surface area (Å²) in [7, 11) is 0. The summed E-state index contributed by atoms with van der Waals surface area (Å²) < 4.78 is 0.